The van der Waals surface area contributed by atoms with E-state index in [1.807, 2.05) is 0 Å². The van der Waals surface area contributed by atoms with Gasteiger partial charge in [0.25, 0.3) is 0 Å². The molecule has 0 aliphatic carbocycles. The van der Waals surface area contributed by atoms with E-state index >= 15 is 0 Å². The van der Waals surface area contributed by atoms with E-state index in [2.05, 4.69) is 37.5 Å². The maximum Gasteiger partial charge on any atom is 0.00886 e. The van der Waals surface area contributed by atoms with E-state index in [4.69, 9.17) is 0 Å². The normalized spacial score (nSPS) is 9.62. The molecule has 0 saturated heterocycles. The van der Waals surface area contributed by atoms with E-state index in [-0.39, 0.29) is 0 Å². The minimum atomic E-state index is 1.08. The fourth-order valence-electron chi connectivity index (χ4n) is 2.24. The summed E-state index contributed by atoms with van der Waals surface area (Å²) in [6, 6.07) is 0. The largest absolute Gasteiger partial charge is 0.103 e. The van der Waals surface area contributed by atoms with Gasteiger partial charge < -0.3 is 0 Å². The van der Waals surface area contributed by atoms with Gasteiger partial charge in [-0.2, -0.15) is 0 Å². The van der Waals surface area contributed by atoms with Crippen LogP contribution in [0.25, 0.3) is 0 Å². The molecule has 0 radical (unpaired) electrons. The predicted octanol–water partition coefficient (Wildman–Crippen LogP) is 6.88. The summed E-state index contributed by atoms with van der Waals surface area (Å²) in [7, 11) is 0. The summed E-state index contributed by atoms with van der Waals surface area (Å²) >= 11 is 0. The average Bonchev–Trinajstić information content (AvgIpc) is 2.50. The van der Waals surface area contributed by atoms with Crippen LogP contribution in [-0.4, -0.2) is 0 Å². The fraction of sp³-hybridized carbons (Fsp3) is 0.810. The Hall–Kier alpha value is -0.880. The minimum Gasteiger partial charge on any atom is -0.103 e. The molecule has 0 aromatic heterocycles. The monoisotopic (exact) mass is 288 g/mol. The van der Waals surface area contributed by atoms with Crippen molar-refractivity contribution in [1.29, 1.82) is 0 Å². The molecule has 0 atom stereocenters. The molecule has 0 unspecified atom stereocenters. The Balaban J connectivity index is 3.18. The van der Waals surface area contributed by atoms with Gasteiger partial charge in [0.15, 0.2) is 0 Å². The third-order valence-electron chi connectivity index (χ3n) is 3.66. The first kappa shape index (κ1) is 20.1. The maximum absolute atomic E-state index is 3.32. The van der Waals surface area contributed by atoms with Crippen molar-refractivity contribution in [3.8, 4) is 23.7 Å². The smallest absolute Gasteiger partial charge is 0.00886 e. The van der Waals surface area contributed by atoms with Gasteiger partial charge in [-0.25, -0.2) is 0 Å². The molecule has 0 spiro atoms. The van der Waals surface area contributed by atoms with Crippen molar-refractivity contribution in [3.63, 3.8) is 0 Å². The van der Waals surface area contributed by atoms with E-state index < -0.39 is 0 Å². The highest BCUT2D eigenvalue weighted by molar-refractivity contribution is 4.99. The third-order valence-corrected chi connectivity index (χ3v) is 3.66. The van der Waals surface area contributed by atoms with Crippen LogP contribution in [0.15, 0.2) is 0 Å². The van der Waals surface area contributed by atoms with E-state index in [1.54, 1.807) is 0 Å². The van der Waals surface area contributed by atoms with Crippen LogP contribution in [0.1, 0.15) is 110 Å². The van der Waals surface area contributed by atoms with Crippen LogP contribution < -0.4 is 0 Å². The van der Waals surface area contributed by atoms with Crippen molar-refractivity contribution < 1.29 is 0 Å². The summed E-state index contributed by atoms with van der Waals surface area (Å²) in [6.07, 6.45) is 18.8. The van der Waals surface area contributed by atoms with E-state index in [0.29, 0.717) is 0 Å². The van der Waals surface area contributed by atoms with Crippen molar-refractivity contribution in [2.24, 2.45) is 0 Å². The van der Waals surface area contributed by atoms with Crippen LogP contribution in [0.5, 0.6) is 0 Å². The Morgan fingerprint density at radius 3 is 1.10 bits per heavy atom. The molecule has 0 N–H and O–H groups in total. The topological polar surface area (TPSA) is 0 Å². The van der Waals surface area contributed by atoms with Gasteiger partial charge in [-0.15, -0.1) is 23.7 Å². The standard InChI is InChI=1S/C21H36/c1-3-5-7-9-11-13-15-17-19-21-20-18-16-14-12-10-8-6-4-2/h3-11,13,16,18-21H2,1-2H3. The quantitative estimate of drug-likeness (QED) is 0.271. The van der Waals surface area contributed by atoms with Gasteiger partial charge in [-0.1, -0.05) is 58.8 Å². The van der Waals surface area contributed by atoms with E-state index in [9.17, 15) is 0 Å². The molecule has 120 valence electrons. The lowest BCUT2D eigenvalue weighted by atomic mass is 10.1. The van der Waals surface area contributed by atoms with Gasteiger partial charge >= 0.3 is 0 Å². The lowest BCUT2D eigenvalue weighted by Crippen LogP contribution is -1.78. The van der Waals surface area contributed by atoms with Crippen LogP contribution in [-0.2, 0) is 0 Å². The Morgan fingerprint density at radius 2 is 0.667 bits per heavy atom. The molecule has 0 amide bonds. The first-order chi connectivity index (χ1) is 10.4. The van der Waals surface area contributed by atoms with Crippen LogP contribution in [0.3, 0.4) is 0 Å². The van der Waals surface area contributed by atoms with Crippen molar-refractivity contribution in [2.75, 3.05) is 0 Å². The van der Waals surface area contributed by atoms with Gasteiger partial charge in [0, 0.05) is 25.7 Å². The van der Waals surface area contributed by atoms with Crippen molar-refractivity contribution in [3.05, 3.63) is 0 Å². The second-order valence-corrected chi connectivity index (χ2v) is 5.89. The Morgan fingerprint density at radius 1 is 0.381 bits per heavy atom. The van der Waals surface area contributed by atoms with Gasteiger partial charge in [-0.3, -0.25) is 0 Å². The van der Waals surface area contributed by atoms with Crippen LogP contribution >= 0.6 is 0 Å². The highest BCUT2D eigenvalue weighted by Gasteiger charge is 1.87. The van der Waals surface area contributed by atoms with Crippen LogP contribution in [0.2, 0.25) is 0 Å². The third kappa shape index (κ3) is 19.1. The molecule has 0 bridgehead atoms. The Labute approximate surface area is 134 Å². The first-order valence-electron chi connectivity index (χ1n) is 9.33. The molecule has 0 aliphatic heterocycles. The molecule has 0 aromatic carbocycles. The SMILES string of the molecule is CCCCCC#CCCCCCC#CCCCCCCC. The Kier molecular flexibility index (Phi) is 18.3. The van der Waals surface area contributed by atoms with Crippen molar-refractivity contribution >= 4 is 0 Å². The molecule has 21 heavy (non-hydrogen) atoms. The molecular formula is C21H36. The molecule has 0 rings (SSSR count). The zero-order valence-electron chi connectivity index (χ0n) is 14.6. The molecule has 0 heterocycles. The van der Waals surface area contributed by atoms with Crippen molar-refractivity contribution in [1.82, 2.24) is 0 Å². The zero-order chi connectivity index (χ0) is 15.4. The van der Waals surface area contributed by atoms with Gasteiger partial charge in [0.1, 0.15) is 0 Å². The molecule has 0 nitrogen and oxygen atoms in total. The Bertz CT molecular complexity index is 304. The predicted molar refractivity (Wildman–Crippen MR) is 96.2 cm³/mol. The van der Waals surface area contributed by atoms with E-state index in [1.165, 1.54) is 70.6 Å². The number of hydrogen-bond donors (Lipinski definition) is 0. The molecule has 0 fully saturated rings. The van der Waals surface area contributed by atoms with E-state index in [0.717, 1.165) is 25.7 Å². The van der Waals surface area contributed by atoms with Crippen LogP contribution in [0.4, 0.5) is 0 Å². The highest BCUT2D eigenvalue weighted by Crippen LogP contribution is 2.05. The van der Waals surface area contributed by atoms with Gasteiger partial charge in [0.2, 0.25) is 0 Å². The number of unbranched alkanes of at least 4 members (excludes halogenated alkanes) is 12. The highest BCUT2D eigenvalue weighted by atomic mass is 13.9. The summed E-state index contributed by atoms with van der Waals surface area (Å²) in [5.74, 6) is 13.2. The van der Waals surface area contributed by atoms with Gasteiger partial charge in [0.05, 0.1) is 0 Å². The lowest BCUT2D eigenvalue weighted by Gasteiger charge is -1.95. The van der Waals surface area contributed by atoms with Crippen molar-refractivity contribution in [2.45, 2.75) is 110 Å². The second kappa shape index (κ2) is 19.1. The zero-order valence-corrected chi connectivity index (χ0v) is 14.6. The summed E-state index contributed by atoms with van der Waals surface area (Å²) in [4.78, 5) is 0. The second-order valence-electron chi connectivity index (χ2n) is 5.89. The molecule has 0 aliphatic rings. The molecule has 0 aromatic rings. The van der Waals surface area contributed by atoms with Crippen LogP contribution in [0, 0.1) is 23.7 Å². The fourth-order valence-corrected chi connectivity index (χ4v) is 2.24. The summed E-state index contributed by atoms with van der Waals surface area (Å²) < 4.78 is 0. The molecular weight excluding hydrogens is 252 g/mol. The average molecular weight is 289 g/mol. The summed E-state index contributed by atoms with van der Waals surface area (Å²) in [5, 5.41) is 0. The molecule has 0 saturated carbocycles. The lowest BCUT2D eigenvalue weighted by molar-refractivity contribution is 0.640. The maximum atomic E-state index is 3.32. The summed E-state index contributed by atoms with van der Waals surface area (Å²) in [6.45, 7) is 4.50. The number of hydrogen-bond acceptors (Lipinski definition) is 0. The van der Waals surface area contributed by atoms with Gasteiger partial charge in [-0.05, 0) is 25.7 Å². The number of rotatable bonds is 12. The molecule has 0 heteroatoms. The minimum absolute atomic E-state index is 1.08. The first-order valence-corrected chi connectivity index (χ1v) is 9.33. The summed E-state index contributed by atoms with van der Waals surface area (Å²) in [5.41, 5.74) is 0.